The Labute approximate surface area is 188 Å². The number of likely N-dealkylation sites (tertiary alicyclic amines) is 1. The number of hydrogen-bond donors (Lipinski definition) is 1. The largest absolute Gasteiger partial charge is 0.370 e. The van der Waals surface area contributed by atoms with E-state index in [-0.39, 0.29) is 11.4 Å². The number of aromatic nitrogens is 2. The van der Waals surface area contributed by atoms with E-state index in [2.05, 4.69) is 39.5 Å². The molecule has 0 spiro atoms. The van der Waals surface area contributed by atoms with Crippen molar-refractivity contribution in [3.8, 4) is 0 Å². The predicted octanol–water partition coefficient (Wildman–Crippen LogP) is 3.84. The molecule has 5 rings (SSSR count). The number of allylic oxidation sites excluding steroid dienone is 6. The summed E-state index contributed by atoms with van der Waals surface area (Å²) in [4.78, 5) is 21.9. The van der Waals surface area contributed by atoms with Gasteiger partial charge in [-0.1, -0.05) is 12.2 Å². The second-order valence-corrected chi connectivity index (χ2v) is 9.28. The van der Waals surface area contributed by atoms with Crippen molar-refractivity contribution < 1.29 is 4.79 Å². The second-order valence-electron chi connectivity index (χ2n) is 9.28. The number of aryl methyl sites for hydroxylation is 2. The summed E-state index contributed by atoms with van der Waals surface area (Å²) in [5.74, 6) is -0.0561. The Kier molecular flexibility index (Phi) is 4.90. The number of carbonyl (C=O) groups is 1. The lowest BCUT2D eigenvalue weighted by molar-refractivity contribution is -0.122. The van der Waals surface area contributed by atoms with Gasteiger partial charge in [-0.25, -0.2) is 0 Å². The van der Waals surface area contributed by atoms with Crippen molar-refractivity contribution in [2.24, 2.45) is 5.73 Å². The first-order chi connectivity index (χ1) is 15.3. The Hall–Kier alpha value is -3.38. The van der Waals surface area contributed by atoms with E-state index in [0.717, 1.165) is 65.4 Å². The van der Waals surface area contributed by atoms with E-state index in [1.165, 1.54) is 0 Å². The highest BCUT2D eigenvalue weighted by Crippen LogP contribution is 2.28. The van der Waals surface area contributed by atoms with Crippen molar-refractivity contribution in [1.29, 1.82) is 0 Å². The van der Waals surface area contributed by atoms with Crippen LogP contribution < -0.4 is 5.73 Å². The summed E-state index contributed by atoms with van der Waals surface area (Å²) in [6.07, 6.45) is 19.7. The lowest BCUT2D eigenvalue weighted by atomic mass is 9.90. The van der Waals surface area contributed by atoms with Gasteiger partial charge in [0.2, 0.25) is 0 Å². The highest BCUT2D eigenvalue weighted by atomic mass is 16.2. The molecule has 0 unspecified atom stereocenters. The summed E-state index contributed by atoms with van der Waals surface area (Å²) >= 11 is 0. The molecule has 1 amide bonds. The molecule has 164 valence electrons. The van der Waals surface area contributed by atoms with Crippen molar-refractivity contribution in [1.82, 2.24) is 19.2 Å². The molecule has 6 heteroatoms. The van der Waals surface area contributed by atoms with Crippen LogP contribution in [0.3, 0.4) is 0 Å². The van der Waals surface area contributed by atoms with Crippen LogP contribution in [0.1, 0.15) is 36.7 Å². The molecule has 0 aliphatic carbocycles. The van der Waals surface area contributed by atoms with Gasteiger partial charge in [-0.2, -0.15) is 0 Å². The van der Waals surface area contributed by atoms with Crippen LogP contribution in [0.5, 0.6) is 0 Å². The molecule has 0 atom stereocenters. The fourth-order valence-electron chi connectivity index (χ4n) is 4.56. The van der Waals surface area contributed by atoms with Crippen molar-refractivity contribution in [3.63, 3.8) is 0 Å². The Bertz CT molecular complexity index is 1240. The molecule has 5 heterocycles. The van der Waals surface area contributed by atoms with Crippen LogP contribution in [-0.2, 0) is 4.79 Å². The van der Waals surface area contributed by atoms with Gasteiger partial charge < -0.3 is 15.0 Å². The monoisotopic (exact) mass is 427 g/mol. The summed E-state index contributed by atoms with van der Waals surface area (Å²) in [5, 5.41) is 0. The maximum Gasteiger partial charge on any atom is 0.255 e. The number of amides is 1. The van der Waals surface area contributed by atoms with Gasteiger partial charge in [0.15, 0.2) is 0 Å². The Morgan fingerprint density at radius 3 is 2.59 bits per heavy atom. The minimum atomic E-state index is -0.104. The van der Waals surface area contributed by atoms with E-state index in [1.54, 1.807) is 11.0 Å². The SMILES string of the molecule is Cc1cn2cc(C3=C\C(=O)N4C=C(N5CCC(C)(N)CC5)C=C\C4=C/C=C/3)cc2c(C)n1. The molecule has 0 saturated carbocycles. The molecule has 2 N–H and O–H groups in total. The van der Waals surface area contributed by atoms with Gasteiger partial charge >= 0.3 is 0 Å². The summed E-state index contributed by atoms with van der Waals surface area (Å²) in [6.45, 7) is 7.90. The average molecular weight is 428 g/mol. The number of nitrogens with two attached hydrogens (primary N) is 1. The van der Waals surface area contributed by atoms with Crippen LogP contribution >= 0.6 is 0 Å². The highest BCUT2D eigenvalue weighted by molar-refractivity contribution is 6.00. The molecule has 1 fully saturated rings. The van der Waals surface area contributed by atoms with E-state index in [0.29, 0.717) is 0 Å². The number of fused-ring (bicyclic) bond motifs is 2. The van der Waals surface area contributed by atoms with Crippen molar-refractivity contribution in [3.05, 3.63) is 89.5 Å². The lowest BCUT2D eigenvalue weighted by Crippen LogP contribution is -2.48. The lowest BCUT2D eigenvalue weighted by Gasteiger charge is -2.39. The molecule has 0 radical (unpaired) electrons. The Morgan fingerprint density at radius 2 is 1.81 bits per heavy atom. The van der Waals surface area contributed by atoms with Gasteiger partial charge in [0.05, 0.1) is 22.6 Å². The Balaban J connectivity index is 1.46. The molecular weight excluding hydrogens is 398 g/mol. The van der Waals surface area contributed by atoms with Gasteiger partial charge in [-0.3, -0.25) is 14.7 Å². The number of nitrogens with zero attached hydrogens (tertiary/aromatic N) is 4. The molecule has 1 saturated heterocycles. The number of carbonyl (C=O) groups excluding carboxylic acids is 1. The third-order valence-electron chi connectivity index (χ3n) is 6.52. The first-order valence-corrected chi connectivity index (χ1v) is 11.1. The third-order valence-corrected chi connectivity index (χ3v) is 6.52. The normalized spacial score (nSPS) is 24.8. The Morgan fingerprint density at radius 1 is 1.06 bits per heavy atom. The van der Waals surface area contributed by atoms with Gasteiger partial charge in [-0.15, -0.1) is 0 Å². The molecular formula is C26H29N5O. The first-order valence-electron chi connectivity index (χ1n) is 11.1. The van der Waals surface area contributed by atoms with Crippen molar-refractivity contribution >= 4 is 17.0 Å². The van der Waals surface area contributed by atoms with Gasteiger partial charge in [0.25, 0.3) is 5.91 Å². The third kappa shape index (κ3) is 3.82. The van der Waals surface area contributed by atoms with Gasteiger partial charge in [0.1, 0.15) is 0 Å². The smallest absolute Gasteiger partial charge is 0.255 e. The molecule has 3 aliphatic heterocycles. The fourth-order valence-corrected chi connectivity index (χ4v) is 4.56. The topological polar surface area (TPSA) is 66.9 Å². The molecule has 0 aromatic carbocycles. The highest BCUT2D eigenvalue weighted by Gasteiger charge is 2.28. The zero-order chi connectivity index (χ0) is 22.5. The maximum atomic E-state index is 13.3. The van der Waals surface area contributed by atoms with Crippen molar-refractivity contribution in [2.45, 2.75) is 39.2 Å². The van der Waals surface area contributed by atoms with Crippen molar-refractivity contribution in [2.75, 3.05) is 13.1 Å². The fraction of sp³-hybridized carbons (Fsp3) is 0.308. The standard InChI is InChI=1S/C26H29N5O/c1-18-15-30-16-21(13-24(30)19(2)28-18)20-5-4-6-22-7-8-23(17-31(22)25(32)14-20)29-11-9-26(3,27)10-12-29/h4-8,13-17H,9-12,27H2,1-3H3/b5-4+,20-14+,22-6+. The summed E-state index contributed by atoms with van der Waals surface area (Å²) in [7, 11) is 0. The number of piperidine rings is 1. The molecule has 6 nitrogen and oxygen atoms in total. The van der Waals surface area contributed by atoms with Crippen LogP contribution in [0.15, 0.2) is 72.5 Å². The molecule has 2 aromatic heterocycles. The first kappa shape index (κ1) is 20.5. The zero-order valence-electron chi connectivity index (χ0n) is 18.9. The maximum absolute atomic E-state index is 13.3. The second kappa shape index (κ2) is 7.64. The van der Waals surface area contributed by atoms with Gasteiger partial charge in [-0.05, 0) is 63.5 Å². The van der Waals surface area contributed by atoms with E-state index >= 15 is 0 Å². The summed E-state index contributed by atoms with van der Waals surface area (Å²) < 4.78 is 2.08. The van der Waals surface area contributed by atoms with Crippen LogP contribution in [0, 0.1) is 13.8 Å². The van der Waals surface area contributed by atoms with E-state index < -0.39 is 0 Å². The molecule has 32 heavy (non-hydrogen) atoms. The van der Waals surface area contributed by atoms with Gasteiger partial charge in [0, 0.05) is 54.6 Å². The predicted molar refractivity (Wildman–Crippen MR) is 127 cm³/mol. The van der Waals surface area contributed by atoms with Crippen LogP contribution in [0.2, 0.25) is 0 Å². The molecule has 2 aromatic rings. The minimum absolute atomic E-state index is 0.0561. The summed E-state index contributed by atoms with van der Waals surface area (Å²) in [5.41, 5.74) is 13.0. The van der Waals surface area contributed by atoms with E-state index in [1.807, 2.05) is 50.5 Å². The van der Waals surface area contributed by atoms with Crippen LogP contribution in [-0.4, -0.2) is 43.7 Å². The van der Waals surface area contributed by atoms with Crippen LogP contribution in [0.25, 0.3) is 11.1 Å². The quantitative estimate of drug-likeness (QED) is 0.791. The number of rotatable bonds is 2. The number of hydrogen-bond acceptors (Lipinski definition) is 4. The molecule has 3 aliphatic rings. The minimum Gasteiger partial charge on any atom is -0.370 e. The van der Waals surface area contributed by atoms with E-state index in [4.69, 9.17) is 5.73 Å². The summed E-state index contributed by atoms with van der Waals surface area (Å²) in [6, 6.07) is 2.09. The average Bonchev–Trinajstić information content (AvgIpc) is 3.16. The van der Waals surface area contributed by atoms with E-state index in [9.17, 15) is 4.79 Å². The van der Waals surface area contributed by atoms with Crippen LogP contribution in [0.4, 0.5) is 0 Å². The molecule has 0 bridgehead atoms. The zero-order valence-corrected chi connectivity index (χ0v) is 18.9.